The fourth-order valence-corrected chi connectivity index (χ4v) is 1.46. The molecular formula is C16H29NO5. The lowest BCUT2D eigenvalue weighted by atomic mass is 10.2. The molecule has 0 unspecified atom stereocenters. The monoisotopic (exact) mass is 315 g/mol. The Morgan fingerprint density at radius 1 is 0.909 bits per heavy atom. The van der Waals surface area contributed by atoms with Gasteiger partial charge in [-0.2, -0.15) is 0 Å². The maximum Gasteiger partial charge on any atom is 0.330 e. The summed E-state index contributed by atoms with van der Waals surface area (Å²) in [5.41, 5.74) is 0.719. The number of hydrogen-bond acceptors (Lipinski definition) is 4. The van der Waals surface area contributed by atoms with Crippen LogP contribution in [0.2, 0.25) is 0 Å². The van der Waals surface area contributed by atoms with Crippen molar-refractivity contribution in [2.75, 3.05) is 26.2 Å². The first kappa shape index (κ1) is 22.6. The molecule has 22 heavy (non-hydrogen) atoms. The molecule has 6 nitrogen and oxygen atoms in total. The highest BCUT2D eigenvalue weighted by Gasteiger charge is 2.00. The zero-order chi connectivity index (χ0) is 17.5. The first-order valence-electron chi connectivity index (χ1n) is 7.43. The largest absolute Gasteiger partial charge is 0.478 e. The van der Waals surface area contributed by atoms with E-state index in [1.807, 2.05) is 0 Å². The summed E-state index contributed by atoms with van der Waals surface area (Å²) < 4.78 is 0. The Hall–Kier alpha value is -1.66. The summed E-state index contributed by atoms with van der Waals surface area (Å²) in [7, 11) is 0. The van der Waals surface area contributed by atoms with E-state index in [0.717, 1.165) is 26.1 Å². The second-order valence-corrected chi connectivity index (χ2v) is 4.71. The molecule has 0 spiro atoms. The average Bonchev–Trinajstić information content (AvgIpc) is 2.49. The minimum atomic E-state index is -0.927. The van der Waals surface area contributed by atoms with E-state index in [9.17, 15) is 9.59 Å². The van der Waals surface area contributed by atoms with Gasteiger partial charge < -0.3 is 20.2 Å². The van der Waals surface area contributed by atoms with Crippen LogP contribution in [0.3, 0.4) is 0 Å². The second kappa shape index (κ2) is 14.3. The van der Waals surface area contributed by atoms with E-state index < -0.39 is 11.9 Å². The number of carboxylic acids is 2. The molecular weight excluding hydrogens is 286 g/mol. The quantitative estimate of drug-likeness (QED) is 0.564. The van der Waals surface area contributed by atoms with Crippen LogP contribution in [0, 0.1) is 0 Å². The first-order chi connectivity index (χ1) is 10.3. The van der Waals surface area contributed by atoms with Gasteiger partial charge in [-0.15, -0.1) is 0 Å². The number of aliphatic carboxylic acids is 2. The van der Waals surface area contributed by atoms with Crippen LogP contribution in [-0.2, 0) is 9.59 Å². The summed E-state index contributed by atoms with van der Waals surface area (Å²) in [4.78, 5) is 22.8. The molecule has 0 aliphatic carbocycles. The number of aliphatic hydroxyl groups is 1. The summed E-state index contributed by atoms with van der Waals surface area (Å²) in [6, 6.07) is 0. The van der Waals surface area contributed by atoms with Gasteiger partial charge >= 0.3 is 11.9 Å². The van der Waals surface area contributed by atoms with Gasteiger partial charge in [-0.1, -0.05) is 26.0 Å². The van der Waals surface area contributed by atoms with E-state index in [-0.39, 0.29) is 12.2 Å². The van der Waals surface area contributed by atoms with E-state index in [2.05, 4.69) is 18.7 Å². The molecule has 0 fully saturated rings. The molecule has 0 aliphatic heterocycles. The van der Waals surface area contributed by atoms with Crippen LogP contribution in [0.5, 0.6) is 0 Å². The average molecular weight is 315 g/mol. The topological polar surface area (TPSA) is 98.1 Å². The summed E-state index contributed by atoms with van der Waals surface area (Å²) >= 11 is 0. The van der Waals surface area contributed by atoms with Gasteiger partial charge in [-0.3, -0.25) is 0 Å². The van der Waals surface area contributed by atoms with Gasteiger partial charge in [-0.05, 0) is 39.8 Å². The van der Waals surface area contributed by atoms with Gasteiger partial charge in [0.1, 0.15) is 0 Å². The Morgan fingerprint density at radius 3 is 1.64 bits per heavy atom. The zero-order valence-electron chi connectivity index (χ0n) is 14.0. The molecule has 0 heterocycles. The minimum Gasteiger partial charge on any atom is -0.478 e. The number of hydrogen-bond donors (Lipinski definition) is 3. The number of carboxylic acid groups (broad SMARTS) is 2. The molecule has 0 saturated heterocycles. The third-order valence-electron chi connectivity index (χ3n) is 3.04. The van der Waals surface area contributed by atoms with E-state index >= 15 is 0 Å². The van der Waals surface area contributed by atoms with Gasteiger partial charge in [0.2, 0.25) is 0 Å². The van der Waals surface area contributed by atoms with Crippen molar-refractivity contribution in [3.63, 3.8) is 0 Å². The van der Waals surface area contributed by atoms with Gasteiger partial charge in [0, 0.05) is 24.3 Å². The summed E-state index contributed by atoms with van der Waals surface area (Å²) in [6.45, 7) is 10.3. The van der Waals surface area contributed by atoms with Crippen molar-refractivity contribution in [1.29, 1.82) is 0 Å². The molecule has 0 aliphatic rings. The summed E-state index contributed by atoms with van der Waals surface area (Å²) in [5.74, 6) is -1.75. The maximum absolute atomic E-state index is 10.4. The number of aliphatic hydroxyl groups excluding tert-OH is 1. The standard InChI is InChI=1S/C10H19NO2.C6H10O3/c1-4-11(5-2)8-6-7-9(3)10(12)13;1-5(6(8)9)3-2-4-7/h7H,4-6,8H2,1-3H3,(H,12,13);3,7H,2,4H2,1H3,(H,8,9). The number of nitrogens with zero attached hydrogens (tertiary/aromatic N) is 1. The molecule has 0 atom stereocenters. The smallest absolute Gasteiger partial charge is 0.330 e. The zero-order valence-corrected chi connectivity index (χ0v) is 14.0. The molecule has 3 N–H and O–H groups in total. The highest BCUT2D eigenvalue weighted by molar-refractivity contribution is 5.86. The Kier molecular flexibility index (Phi) is 14.7. The molecule has 0 bridgehead atoms. The van der Waals surface area contributed by atoms with Crippen molar-refractivity contribution in [2.45, 2.75) is 40.5 Å². The van der Waals surface area contributed by atoms with Gasteiger partial charge in [0.15, 0.2) is 0 Å². The maximum atomic E-state index is 10.4. The molecule has 6 heteroatoms. The SMILES string of the molecule is CC(=CCCO)C(=O)O.CCN(CC)CCC=C(C)C(=O)O. The van der Waals surface area contributed by atoms with Crippen LogP contribution in [0.4, 0.5) is 0 Å². The highest BCUT2D eigenvalue weighted by Crippen LogP contribution is 1.97. The van der Waals surface area contributed by atoms with Crippen LogP contribution in [0.15, 0.2) is 23.3 Å². The van der Waals surface area contributed by atoms with Crippen LogP contribution in [-0.4, -0.2) is 58.4 Å². The number of rotatable bonds is 9. The summed E-state index contributed by atoms with van der Waals surface area (Å²) in [6.07, 6.45) is 4.50. The normalized spacial score (nSPS) is 11.9. The predicted octanol–water partition coefficient (Wildman–Crippen LogP) is 2.15. The van der Waals surface area contributed by atoms with Crippen molar-refractivity contribution in [3.8, 4) is 0 Å². The van der Waals surface area contributed by atoms with E-state index in [1.54, 1.807) is 13.0 Å². The van der Waals surface area contributed by atoms with Crippen LogP contribution in [0.25, 0.3) is 0 Å². The van der Waals surface area contributed by atoms with Crippen LogP contribution in [0.1, 0.15) is 40.5 Å². The van der Waals surface area contributed by atoms with Gasteiger partial charge in [-0.25, -0.2) is 9.59 Å². The molecule has 0 saturated carbocycles. The second-order valence-electron chi connectivity index (χ2n) is 4.71. The Bertz CT molecular complexity index is 384. The molecule has 0 aromatic carbocycles. The highest BCUT2D eigenvalue weighted by atomic mass is 16.4. The van der Waals surface area contributed by atoms with Crippen molar-refractivity contribution in [2.24, 2.45) is 0 Å². The van der Waals surface area contributed by atoms with Gasteiger partial charge in [0.25, 0.3) is 0 Å². The lowest BCUT2D eigenvalue weighted by Gasteiger charge is -2.16. The van der Waals surface area contributed by atoms with Crippen LogP contribution >= 0.6 is 0 Å². The molecule has 0 rings (SSSR count). The predicted molar refractivity (Wildman–Crippen MR) is 86.9 cm³/mol. The Morgan fingerprint density at radius 2 is 1.32 bits per heavy atom. The molecule has 0 amide bonds. The molecule has 0 aromatic rings. The van der Waals surface area contributed by atoms with Crippen molar-refractivity contribution in [1.82, 2.24) is 4.90 Å². The third-order valence-corrected chi connectivity index (χ3v) is 3.04. The molecule has 0 radical (unpaired) electrons. The lowest BCUT2D eigenvalue weighted by Crippen LogP contribution is -2.23. The van der Waals surface area contributed by atoms with Crippen LogP contribution < -0.4 is 0 Å². The molecule has 128 valence electrons. The third kappa shape index (κ3) is 13.3. The first-order valence-corrected chi connectivity index (χ1v) is 7.43. The van der Waals surface area contributed by atoms with E-state index in [1.165, 1.54) is 13.0 Å². The fraction of sp³-hybridized carbons (Fsp3) is 0.625. The van der Waals surface area contributed by atoms with Crippen molar-refractivity contribution >= 4 is 11.9 Å². The van der Waals surface area contributed by atoms with E-state index in [0.29, 0.717) is 12.0 Å². The number of carbonyl (C=O) groups is 2. The van der Waals surface area contributed by atoms with Gasteiger partial charge in [0.05, 0.1) is 0 Å². The fourth-order valence-electron chi connectivity index (χ4n) is 1.46. The Balaban J connectivity index is 0. The molecule has 0 aromatic heterocycles. The minimum absolute atomic E-state index is 0.00458. The van der Waals surface area contributed by atoms with Crippen molar-refractivity contribution in [3.05, 3.63) is 23.3 Å². The van der Waals surface area contributed by atoms with Crippen molar-refractivity contribution < 1.29 is 24.9 Å². The summed E-state index contributed by atoms with van der Waals surface area (Å²) in [5, 5.41) is 25.1. The lowest BCUT2D eigenvalue weighted by molar-refractivity contribution is -0.133. The van der Waals surface area contributed by atoms with E-state index in [4.69, 9.17) is 15.3 Å². The Labute approximate surface area is 132 Å².